The van der Waals surface area contributed by atoms with Crippen LogP contribution in [0.15, 0.2) is 60.7 Å². The lowest BCUT2D eigenvalue weighted by atomic mass is 9.67. The SMILES string of the molecule is CC12C[N+]3(Cc4ccccc4)CC4(C)N1O[B-]1(c5ccccc5)ON2C(C)(C3)N4O1. The van der Waals surface area contributed by atoms with E-state index in [9.17, 15) is 0 Å². The van der Waals surface area contributed by atoms with Crippen LogP contribution in [0, 0.1) is 0 Å². The van der Waals surface area contributed by atoms with E-state index in [0.29, 0.717) is 0 Å². The predicted octanol–water partition coefficient (Wildman–Crippen LogP) is 1.77. The average molecular weight is 406 g/mol. The average Bonchev–Trinajstić information content (AvgIpc) is 2.72. The Hall–Kier alpha value is -1.78. The Kier molecular flexibility index (Phi) is 3.07. The summed E-state index contributed by atoms with van der Waals surface area (Å²) in [6.45, 7) is 8.54. The highest BCUT2D eigenvalue weighted by atomic mass is 17.0. The topological polar surface area (TPSA) is 37.4 Å². The van der Waals surface area contributed by atoms with Gasteiger partial charge in [-0.25, -0.2) is 0 Å². The van der Waals surface area contributed by atoms with Gasteiger partial charge in [-0.15, -0.1) is 5.46 Å². The summed E-state index contributed by atoms with van der Waals surface area (Å²) in [4.78, 5) is 0. The van der Waals surface area contributed by atoms with Crippen molar-refractivity contribution in [3.8, 4) is 0 Å². The zero-order chi connectivity index (χ0) is 20.4. The molecule has 0 amide bonds. The highest BCUT2D eigenvalue weighted by Crippen LogP contribution is 2.62. The van der Waals surface area contributed by atoms with E-state index < -0.39 is 6.75 Å². The summed E-state index contributed by atoms with van der Waals surface area (Å²) < 4.78 is 20.9. The lowest BCUT2D eigenvalue weighted by Crippen LogP contribution is -3.05. The van der Waals surface area contributed by atoms with Gasteiger partial charge in [0.25, 0.3) is 0 Å². The lowest BCUT2D eigenvalue weighted by molar-refractivity contribution is -0.999. The first-order valence-corrected chi connectivity index (χ1v) is 10.9. The van der Waals surface area contributed by atoms with E-state index in [1.54, 1.807) is 0 Å². The summed E-state index contributed by atoms with van der Waals surface area (Å²) in [6, 6.07) is 20.9. The molecule has 0 saturated carbocycles. The van der Waals surface area contributed by atoms with Crippen molar-refractivity contribution >= 4 is 12.2 Å². The second kappa shape index (κ2) is 5.16. The van der Waals surface area contributed by atoms with Gasteiger partial charge in [0.1, 0.15) is 26.2 Å². The molecule has 0 unspecified atom stereocenters. The number of hydroxylamine groups is 6. The van der Waals surface area contributed by atoms with Gasteiger partial charge >= 0.3 is 6.75 Å². The molecule has 0 N–H and O–H groups in total. The Morgan fingerprint density at radius 2 is 1.17 bits per heavy atom. The molecule has 7 saturated heterocycles. The van der Waals surface area contributed by atoms with Crippen LogP contribution in [0.25, 0.3) is 0 Å². The van der Waals surface area contributed by atoms with Crippen LogP contribution in [0.1, 0.15) is 26.3 Å². The van der Waals surface area contributed by atoms with Gasteiger partial charge in [-0.3, -0.25) is 0 Å². The Morgan fingerprint density at radius 1 is 0.733 bits per heavy atom. The fraction of sp³-hybridized carbons (Fsp3) is 0.455. The standard InChI is InChI=1S/C22H27BN4O3/c1-20-15-27(14-18-10-6-4-7-11-18)16-21(2)24(20)28-23(19-12-8-5-9-13-19)29-25(20)22(3,17-27)26(21)30-23/h4-13H,14-17H2,1-3H3. The molecule has 2 aromatic carbocycles. The number of rotatable bonds is 3. The maximum Gasteiger partial charge on any atom is 0.457 e. The second-order valence-electron chi connectivity index (χ2n) is 10.4. The smallest absolute Gasteiger partial charge is 0.448 e. The van der Waals surface area contributed by atoms with Crippen LogP contribution in [0.5, 0.6) is 0 Å². The monoisotopic (exact) mass is 406 g/mol. The highest BCUT2D eigenvalue weighted by molar-refractivity contribution is 6.75. The van der Waals surface area contributed by atoms with Gasteiger partial charge in [0.2, 0.25) is 0 Å². The van der Waals surface area contributed by atoms with Crippen LogP contribution < -0.4 is 5.46 Å². The van der Waals surface area contributed by atoms with Gasteiger partial charge in [0.15, 0.2) is 17.0 Å². The maximum atomic E-state index is 6.64. The minimum absolute atomic E-state index is 0.366. The van der Waals surface area contributed by atoms with E-state index in [1.807, 2.05) is 30.3 Å². The van der Waals surface area contributed by atoms with Crippen molar-refractivity contribution in [2.45, 2.75) is 44.3 Å². The van der Waals surface area contributed by atoms with Crippen LogP contribution in [0.3, 0.4) is 0 Å². The van der Waals surface area contributed by atoms with E-state index in [1.165, 1.54) is 5.56 Å². The number of hydrogen-bond acceptors (Lipinski definition) is 6. The molecule has 0 spiro atoms. The third kappa shape index (κ3) is 1.88. The summed E-state index contributed by atoms with van der Waals surface area (Å²) in [6.07, 6.45) is 0. The molecule has 9 rings (SSSR count). The third-order valence-corrected chi connectivity index (χ3v) is 7.83. The Balaban J connectivity index is 1.35. The van der Waals surface area contributed by atoms with Crippen molar-refractivity contribution in [1.29, 1.82) is 0 Å². The second-order valence-corrected chi connectivity index (χ2v) is 10.4. The van der Waals surface area contributed by atoms with E-state index in [-0.39, 0.29) is 17.0 Å². The van der Waals surface area contributed by atoms with Gasteiger partial charge in [0, 0.05) is 5.56 Å². The summed E-state index contributed by atoms with van der Waals surface area (Å²) in [5.41, 5.74) is 1.20. The van der Waals surface area contributed by atoms with Crippen molar-refractivity contribution in [2.24, 2.45) is 0 Å². The van der Waals surface area contributed by atoms with Crippen LogP contribution >= 0.6 is 0 Å². The van der Waals surface area contributed by atoms with Crippen LogP contribution in [-0.2, 0) is 20.8 Å². The lowest BCUT2D eigenvalue weighted by Gasteiger charge is -2.86. The van der Waals surface area contributed by atoms with Gasteiger partial charge in [-0.1, -0.05) is 60.7 Å². The van der Waals surface area contributed by atoms with Crippen LogP contribution in [-0.4, -0.2) is 63.0 Å². The normalized spacial score (nSPS) is 52.2. The maximum absolute atomic E-state index is 6.64. The summed E-state index contributed by atoms with van der Waals surface area (Å²) in [7, 11) is 0. The fourth-order valence-corrected chi connectivity index (χ4v) is 7.43. The van der Waals surface area contributed by atoms with E-state index >= 15 is 0 Å². The van der Waals surface area contributed by atoms with E-state index in [4.69, 9.17) is 14.3 Å². The van der Waals surface area contributed by atoms with Crippen molar-refractivity contribution in [3.05, 3.63) is 66.2 Å². The molecule has 0 aliphatic carbocycles. The first-order valence-electron chi connectivity index (χ1n) is 10.9. The zero-order valence-electron chi connectivity index (χ0n) is 17.7. The number of benzene rings is 2. The quantitative estimate of drug-likeness (QED) is 0.572. The number of nitrogens with zero attached hydrogens (tertiary/aromatic N) is 4. The predicted molar refractivity (Wildman–Crippen MR) is 111 cm³/mol. The number of hydrogen-bond donors (Lipinski definition) is 0. The first kappa shape index (κ1) is 17.9. The molecule has 2 aromatic rings. The van der Waals surface area contributed by atoms with Gasteiger partial charge in [-0.05, 0) is 20.8 Å². The zero-order valence-corrected chi connectivity index (χ0v) is 17.7. The van der Waals surface area contributed by atoms with Gasteiger partial charge in [0.05, 0.1) is 0 Å². The van der Waals surface area contributed by atoms with Crippen LogP contribution in [0.2, 0.25) is 0 Å². The molecule has 7 fully saturated rings. The molecule has 0 atom stereocenters. The van der Waals surface area contributed by atoms with Crippen molar-refractivity contribution in [1.82, 2.24) is 15.2 Å². The fourth-order valence-electron chi connectivity index (χ4n) is 7.43. The summed E-state index contributed by atoms with van der Waals surface area (Å²) in [5.74, 6) is 0. The molecule has 0 aromatic heterocycles. The summed E-state index contributed by atoms with van der Waals surface area (Å²) in [5, 5.41) is 6.55. The molecule has 156 valence electrons. The molecule has 7 aliphatic rings. The molecular formula is C22H27BN4O3. The molecule has 7 nitrogen and oxygen atoms in total. The Labute approximate surface area is 176 Å². The van der Waals surface area contributed by atoms with Crippen molar-refractivity contribution in [3.63, 3.8) is 0 Å². The number of piperazine rings is 3. The van der Waals surface area contributed by atoms with Gasteiger partial charge < -0.3 is 18.7 Å². The van der Waals surface area contributed by atoms with Crippen molar-refractivity contribution < 1.29 is 18.7 Å². The molecule has 0 radical (unpaired) electrons. The minimum atomic E-state index is -2.08. The van der Waals surface area contributed by atoms with E-state index in [0.717, 1.165) is 36.1 Å². The largest absolute Gasteiger partial charge is 0.457 e. The Bertz CT molecular complexity index is 956. The molecule has 7 aliphatic heterocycles. The molecule has 7 heterocycles. The Morgan fingerprint density at radius 3 is 1.63 bits per heavy atom. The molecular weight excluding hydrogens is 379 g/mol. The minimum Gasteiger partial charge on any atom is -0.448 e. The third-order valence-electron chi connectivity index (χ3n) is 7.83. The number of quaternary nitrogens is 1. The van der Waals surface area contributed by atoms with Crippen LogP contribution in [0.4, 0.5) is 0 Å². The van der Waals surface area contributed by atoms with E-state index in [2.05, 4.69) is 66.3 Å². The first-order chi connectivity index (χ1) is 14.3. The molecule has 8 bridgehead atoms. The van der Waals surface area contributed by atoms with Crippen molar-refractivity contribution in [2.75, 3.05) is 19.6 Å². The highest BCUT2D eigenvalue weighted by Gasteiger charge is 2.83. The molecule has 8 heteroatoms. The molecule has 30 heavy (non-hydrogen) atoms. The summed E-state index contributed by atoms with van der Waals surface area (Å²) >= 11 is 0. The van der Waals surface area contributed by atoms with Gasteiger partial charge in [-0.2, -0.15) is 15.2 Å².